The second kappa shape index (κ2) is 4.94. The standard InChI is InChI=1S/C15H11ClO3/c16-13-4-2-1-3-10(13)8-18-11-5-6-12-14(17)9-19-15(12)7-11/h1-7H,8-9H2. The summed E-state index contributed by atoms with van der Waals surface area (Å²) in [6.07, 6.45) is 0. The first-order chi connectivity index (χ1) is 9.24. The van der Waals surface area contributed by atoms with Crippen LogP contribution in [-0.2, 0) is 6.61 Å². The molecule has 0 unspecified atom stereocenters. The van der Waals surface area contributed by atoms with E-state index in [1.54, 1.807) is 18.2 Å². The molecule has 0 saturated carbocycles. The number of ether oxygens (including phenoxy) is 2. The van der Waals surface area contributed by atoms with Crippen molar-refractivity contribution in [2.75, 3.05) is 6.61 Å². The van der Waals surface area contributed by atoms with Gasteiger partial charge in [0.05, 0.1) is 5.56 Å². The van der Waals surface area contributed by atoms with Crippen LogP contribution in [0.5, 0.6) is 11.5 Å². The summed E-state index contributed by atoms with van der Waals surface area (Å²) in [6, 6.07) is 12.8. The zero-order valence-electron chi connectivity index (χ0n) is 10.1. The molecule has 96 valence electrons. The van der Waals surface area contributed by atoms with Crippen LogP contribution in [0.3, 0.4) is 0 Å². The second-order valence-corrected chi connectivity index (χ2v) is 4.66. The zero-order valence-corrected chi connectivity index (χ0v) is 10.8. The molecule has 3 nitrogen and oxygen atoms in total. The van der Waals surface area contributed by atoms with E-state index in [2.05, 4.69) is 0 Å². The number of fused-ring (bicyclic) bond motifs is 1. The largest absolute Gasteiger partial charge is 0.489 e. The third-order valence-corrected chi connectivity index (χ3v) is 3.33. The summed E-state index contributed by atoms with van der Waals surface area (Å²) in [5, 5.41) is 0.676. The van der Waals surface area contributed by atoms with Gasteiger partial charge >= 0.3 is 0 Å². The summed E-state index contributed by atoms with van der Waals surface area (Å²) in [5.41, 5.74) is 1.53. The van der Waals surface area contributed by atoms with E-state index in [0.29, 0.717) is 28.7 Å². The number of hydrogen-bond acceptors (Lipinski definition) is 3. The molecule has 0 spiro atoms. The summed E-state index contributed by atoms with van der Waals surface area (Å²) in [6.45, 7) is 0.496. The van der Waals surface area contributed by atoms with E-state index in [9.17, 15) is 4.79 Å². The molecular weight excluding hydrogens is 264 g/mol. The van der Waals surface area contributed by atoms with E-state index >= 15 is 0 Å². The first-order valence-corrected chi connectivity index (χ1v) is 6.28. The highest BCUT2D eigenvalue weighted by Crippen LogP contribution is 2.30. The van der Waals surface area contributed by atoms with Gasteiger partial charge in [0.25, 0.3) is 0 Å². The van der Waals surface area contributed by atoms with Crippen LogP contribution in [0.25, 0.3) is 0 Å². The fraction of sp³-hybridized carbons (Fsp3) is 0.133. The van der Waals surface area contributed by atoms with Gasteiger partial charge in [-0.1, -0.05) is 29.8 Å². The molecule has 3 rings (SSSR count). The number of halogens is 1. The van der Waals surface area contributed by atoms with Crippen LogP contribution in [-0.4, -0.2) is 12.4 Å². The first-order valence-electron chi connectivity index (χ1n) is 5.90. The van der Waals surface area contributed by atoms with Crippen molar-refractivity contribution in [1.29, 1.82) is 0 Å². The molecular formula is C15H11ClO3. The summed E-state index contributed by atoms with van der Waals surface area (Å²) in [4.78, 5) is 11.4. The summed E-state index contributed by atoms with van der Waals surface area (Å²) in [5.74, 6) is 1.25. The third kappa shape index (κ3) is 2.42. The molecule has 0 atom stereocenters. The second-order valence-electron chi connectivity index (χ2n) is 4.25. The lowest BCUT2D eigenvalue weighted by atomic mass is 10.1. The van der Waals surface area contributed by atoms with Gasteiger partial charge in [-0.3, -0.25) is 4.79 Å². The Hall–Kier alpha value is -2.00. The Labute approximate surface area is 115 Å². The number of carbonyl (C=O) groups excluding carboxylic acids is 1. The van der Waals surface area contributed by atoms with Crippen LogP contribution in [0.4, 0.5) is 0 Å². The zero-order chi connectivity index (χ0) is 13.2. The van der Waals surface area contributed by atoms with Crippen molar-refractivity contribution in [1.82, 2.24) is 0 Å². The molecule has 1 aliphatic heterocycles. The maximum Gasteiger partial charge on any atom is 0.203 e. The molecule has 0 bridgehead atoms. The van der Waals surface area contributed by atoms with E-state index in [1.165, 1.54) is 0 Å². The predicted octanol–water partition coefficient (Wildman–Crippen LogP) is 3.49. The van der Waals surface area contributed by atoms with Crippen molar-refractivity contribution in [3.8, 4) is 11.5 Å². The van der Waals surface area contributed by atoms with E-state index < -0.39 is 0 Å². The number of ketones is 1. The Morgan fingerprint density at radius 2 is 2.05 bits per heavy atom. The van der Waals surface area contributed by atoms with Gasteiger partial charge in [0.2, 0.25) is 5.78 Å². The van der Waals surface area contributed by atoms with E-state index in [0.717, 1.165) is 5.56 Å². The number of benzene rings is 2. The summed E-state index contributed by atoms with van der Waals surface area (Å²) >= 11 is 6.05. The van der Waals surface area contributed by atoms with Gasteiger partial charge in [-0.25, -0.2) is 0 Å². The van der Waals surface area contributed by atoms with Crippen molar-refractivity contribution in [3.63, 3.8) is 0 Å². The Kier molecular flexibility index (Phi) is 3.13. The molecule has 0 aliphatic carbocycles. The Morgan fingerprint density at radius 3 is 2.89 bits per heavy atom. The van der Waals surface area contributed by atoms with Gasteiger partial charge < -0.3 is 9.47 Å². The van der Waals surface area contributed by atoms with Gasteiger partial charge in [0, 0.05) is 16.7 Å². The van der Waals surface area contributed by atoms with Gasteiger partial charge in [-0.05, 0) is 18.2 Å². The van der Waals surface area contributed by atoms with Crippen molar-refractivity contribution in [2.45, 2.75) is 6.61 Å². The quantitative estimate of drug-likeness (QED) is 0.859. The van der Waals surface area contributed by atoms with Crippen LogP contribution in [0.15, 0.2) is 42.5 Å². The Balaban J connectivity index is 1.75. The van der Waals surface area contributed by atoms with Crippen molar-refractivity contribution in [3.05, 3.63) is 58.6 Å². The minimum absolute atomic E-state index is 0.00709. The van der Waals surface area contributed by atoms with Crippen molar-refractivity contribution >= 4 is 17.4 Å². The van der Waals surface area contributed by atoms with Gasteiger partial charge in [-0.2, -0.15) is 0 Å². The number of rotatable bonds is 3. The minimum Gasteiger partial charge on any atom is -0.489 e. The average Bonchev–Trinajstić information content (AvgIpc) is 2.79. The summed E-state index contributed by atoms with van der Waals surface area (Å²) in [7, 11) is 0. The minimum atomic E-state index is 0.00709. The van der Waals surface area contributed by atoms with Crippen LogP contribution in [0, 0.1) is 0 Å². The van der Waals surface area contributed by atoms with Crippen LogP contribution >= 0.6 is 11.6 Å². The molecule has 1 heterocycles. The molecule has 0 amide bonds. The summed E-state index contributed by atoms with van der Waals surface area (Å²) < 4.78 is 10.9. The predicted molar refractivity (Wildman–Crippen MR) is 72.1 cm³/mol. The smallest absolute Gasteiger partial charge is 0.203 e. The Bertz CT molecular complexity index is 637. The lowest BCUT2D eigenvalue weighted by Crippen LogP contribution is -1.98. The topological polar surface area (TPSA) is 35.5 Å². The number of carbonyl (C=O) groups is 1. The normalized spacial score (nSPS) is 13.0. The van der Waals surface area contributed by atoms with Crippen molar-refractivity contribution < 1.29 is 14.3 Å². The molecule has 0 fully saturated rings. The van der Waals surface area contributed by atoms with Gasteiger partial charge in [-0.15, -0.1) is 0 Å². The van der Waals surface area contributed by atoms with E-state index in [-0.39, 0.29) is 12.4 Å². The molecule has 0 aromatic heterocycles. The maximum absolute atomic E-state index is 11.4. The monoisotopic (exact) mass is 274 g/mol. The molecule has 1 aliphatic rings. The third-order valence-electron chi connectivity index (χ3n) is 2.96. The number of Topliss-reactive ketones (excluding diaryl/α,β-unsaturated/α-hetero) is 1. The fourth-order valence-corrected chi connectivity index (χ4v) is 2.13. The van der Waals surface area contributed by atoms with Crippen LogP contribution in [0.2, 0.25) is 5.02 Å². The van der Waals surface area contributed by atoms with Crippen LogP contribution in [0.1, 0.15) is 15.9 Å². The molecule has 2 aromatic rings. The van der Waals surface area contributed by atoms with E-state index in [4.69, 9.17) is 21.1 Å². The fourth-order valence-electron chi connectivity index (χ4n) is 1.94. The maximum atomic E-state index is 11.4. The molecule has 4 heteroatoms. The van der Waals surface area contributed by atoms with Gasteiger partial charge in [0.15, 0.2) is 6.61 Å². The van der Waals surface area contributed by atoms with Crippen molar-refractivity contribution in [2.24, 2.45) is 0 Å². The Morgan fingerprint density at radius 1 is 1.21 bits per heavy atom. The molecule has 0 saturated heterocycles. The SMILES string of the molecule is O=C1COc2cc(OCc3ccccc3Cl)ccc21. The molecule has 2 aromatic carbocycles. The van der Waals surface area contributed by atoms with Gasteiger partial charge in [0.1, 0.15) is 18.1 Å². The average molecular weight is 275 g/mol. The van der Waals surface area contributed by atoms with E-state index in [1.807, 2.05) is 24.3 Å². The number of hydrogen-bond donors (Lipinski definition) is 0. The highest BCUT2D eigenvalue weighted by atomic mass is 35.5. The molecule has 0 N–H and O–H groups in total. The van der Waals surface area contributed by atoms with Crippen LogP contribution < -0.4 is 9.47 Å². The molecule has 19 heavy (non-hydrogen) atoms. The highest BCUT2D eigenvalue weighted by Gasteiger charge is 2.21. The molecule has 0 radical (unpaired) electrons. The highest BCUT2D eigenvalue weighted by molar-refractivity contribution is 6.31. The first kappa shape index (κ1) is 12.1. The lowest BCUT2D eigenvalue weighted by molar-refractivity contribution is 0.0961. The lowest BCUT2D eigenvalue weighted by Gasteiger charge is -2.08.